The van der Waals surface area contributed by atoms with Crippen LogP contribution in [0.5, 0.6) is 0 Å². The Bertz CT molecular complexity index is 1250. The van der Waals surface area contributed by atoms with E-state index in [1.807, 2.05) is 48.5 Å². The van der Waals surface area contributed by atoms with Crippen molar-refractivity contribution in [2.45, 2.75) is 25.0 Å². The molecule has 2 aliphatic heterocycles. The Kier molecular flexibility index (Phi) is 6.60. The summed E-state index contributed by atoms with van der Waals surface area (Å²) in [7, 11) is 0. The molecule has 5 nitrogen and oxygen atoms in total. The average Bonchev–Trinajstić information content (AvgIpc) is 3.18. The Hall–Kier alpha value is -3.57. The zero-order valence-corrected chi connectivity index (χ0v) is 20.2. The maximum atomic E-state index is 12.8. The third kappa shape index (κ3) is 5.10. The number of carbonyl (C=O) groups excluding carboxylic acids is 2. The molecule has 0 bridgehead atoms. The Balaban J connectivity index is 1.22. The first kappa shape index (κ1) is 23.2. The summed E-state index contributed by atoms with van der Waals surface area (Å²) in [5, 5.41) is 0.612. The van der Waals surface area contributed by atoms with E-state index >= 15 is 0 Å². The Morgan fingerprint density at radius 2 is 1.63 bits per heavy atom. The molecule has 0 unspecified atom stereocenters. The minimum absolute atomic E-state index is 0.0577. The van der Waals surface area contributed by atoms with Gasteiger partial charge in [-0.1, -0.05) is 84.4 Å². The number of amides is 2. The molecule has 2 amide bonds. The van der Waals surface area contributed by atoms with Gasteiger partial charge in [0.2, 0.25) is 5.91 Å². The van der Waals surface area contributed by atoms with E-state index in [-0.39, 0.29) is 12.0 Å². The number of nitrogens with zero attached hydrogens (tertiary/aromatic N) is 2. The van der Waals surface area contributed by atoms with Crippen molar-refractivity contribution >= 4 is 29.7 Å². The fourth-order valence-electron chi connectivity index (χ4n) is 4.85. The summed E-state index contributed by atoms with van der Waals surface area (Å²) in [6, 6.07) is 25.8. The lowest BCUT2D eigenvalue weighted by molar-refractivity contribution is -0.129. The first-order chi connectivity index (χ1) is 17.0. The smallest absolute Gasteiger partial charge is 0.410 e. The van der Waals surface area contributed by atoms with Gasteiger partial charge in [0.15, 0.2) is 0 Å². The first-order valence-electron chi connectivity index (χ1n) is 11.9. The largest absolute Gasteiger partial charge is 0.441 e. The molecule has 35 heavy (non-hydrogen) atoms. The maximum Gasteiger partial charge on any atom is 0.410 e. The molecule has 2 saturated heterocycles. The van der Waals surface area contributed by atoms with Crippen LogP contribution in [0.15, 0.2) is 84.9 Å². The van der Waals surface area contributed by atoms with Crippen molar-refractivity contribution in [2.24, 2.45) is 0 Å². The number of hydrogen-bond donors (Lipinski definition) is 0. The number of rotatable bonds is 5. The van der Waals surface area contributed by atoms with Gasteiger partial charge < -0.3 is 9.64 Å². The summed E-state index contributed by atoms with van der Waals surface area (Å²) in [4.78, 5) is 29.1. The SMILES string of the molecule is O=C(/C=C/c1ccccc1Cl)N1CCC2(CC1)CN(Cc1ccccc1-c1ccccc1)C(=O)O2. The molecule has 1 spiro atoms. The van der Waals surface area contributed by atoms with Crippen molar-refractivity contribution in [2.75, 3.05) is 19.6 Å². The zero-order chi connectivity index (χ0) is 24.3. The van der Waals surface area contributed by atoms with Gasteiger partial charge in [0.05, 0.1) is 6.54 Å². The monoisotopic (exact) mass is 486 g/mol. The van der Waals surface area contributed by atoms with Crippen LogP contribution in [0, 0.1) is 0 Å². The standard InChI is InChI=1S/C29H27ClN2O3/c30-26-13-7-5-10-23(26)14-15-27(33)31-18-16-29(17-19-31)21-32(28(34)35-29)20-24-11-4-6-12-25(24)22-8-2-1-3-9-22/h1-15H,16-21H2/b15-14+. The topological polar surface area (TPSA) is 49.9 Å². The van der Waals surface area contributed by atoms with Crippen LogP contribution in [-0.2, 0) is 16.1 Å². The van der Waals surface area contributed by atoms with Crippen LogP contribution in [0.1, 0.15) is 24.0 Å². The van der Waals surface area contributed by atoms with Crippen LogP contribution in [0.4, 0.5) is 4.79 Å². The molecule has 2 aliphatic rings. The normalized spacial score (nSPS) is 17.2. The molecule has 0 radical (unpaired) electrons. The second-order valence-electron chi connectivity index (χ2n) is 9.11. The highest BCUT2D eigenvalue weighted by Crippen LogP contribution is 2.35. The molecule has 3 aromatic rings. The average molecular weight is 487 g/mol. The number of hydrogen-bond acceptors (Lipinski definition) is 3. The molecule has 3 aromatic carbocycles. The molecule has 178 valence electrons. The number of halogens is 1. The third-order valence-electron chi connectivity index (χ3n) is 6.80. The van der Waals surface area contributed by atoms with Crippen molar-refractivity contribution in [3.05, 3.63) is 101 Å². The molecule has 2 heterocycles. The van der Waals surface area contributed by atoms with Crippen molar-refractivity contribution < 1.29 is 14.3 Å². The van der Waals surface area contributed by atoms with Crippen LogP contribution in [0.2, 0.25) is 5.02 Å². The van der Waals surface area contributed by atoms with E-state index in [2.05, 4.69) is 24.3 Å². The number of carbonyl (C=O) groups is 2. The lowest BCUT2D eigenvalue weighted by Crippen LogP contribution is -2.48. The Morgan fingerprint density at radius 1 is 0.943 bits per heavy atom. The predicted octanol–water partition coefficient (Wildman–Crippen LogP) is 6.03. The van der Waals surface area contributed by atoms with Gasteiger partial charge in [0.25, 0.3) is 0 Å². The minimum atomic E-state index is -0.540. The van der Waals surface area contributed by atoms with Crippen LogP contribution < -0.4 is 0 Å². The van der Waals surface area contributed by atoms with Crippen molar-refractivity contribution in [3.8, 4) is 11.1 Å². The molecule has 0 saturated carbocycles. The van der Waals surface area contributed by atoms with Crippen molar-refractivity contribution in [1.29, 1.82) is 0 Å². The van der Waals surface area contributed by atoms with Gasteiger partial charge in [-0.3, -0.25) is 9.69 Å². The fourth-order valence-corrected chi connectivity index (χ4v) is 5.05. The fraction of sp³-hybridized carbons (Fsp3) is 0.241. The van der Waals surface area contributed by atoms with Crippen LogP contribution in [0.25, 0.3) is 17.2 Å². The van der Waals surface area contributed by atoms with Gasteiger partial charge in [-0.15, -0.1) is 0 Å². The molecule has 5 rings (SSSR count). The highest BCUT2D eigenvalue weighted by atomic mass is 35.5. The predicted molar refractivity (Wildman–Crippen MR) is 138 cm³/mol. The van der Waals surface area contributed by atoms with Gasteiger partial charge in [0, 0.05) is 43.6 Å². The highest BCUT2D eigenvalue weighted by Gasteiger charge is 2.47. The van der Waals surface area contributed by atoms with E-state index < -0.39 is 5.60 Å². The van der Waals surface area contributed by atoms with Crippen LogP contribution >= 0.6 is 11.6 Å². The third-order valence-corrected chi connectivity index (χ3v) is 7.15. The first-order valence-corrected chi connectivity index (χ1v) is 12.2. The Labute approximate surface area is 210 Å². The van der Waals surface area contributed by atoms with Gasteiger partial charge in [-0.2, -0.15) is 0 Å². The minimum Gasteiger partial charge on any atom is -0.441 e. The number of piperidine rings is 1. The molecule has 2 fully saturated rings. The molecular weight excluding hydrogens is 460 g/mol. The second-order valence-corrected chi connectivity index (χ2v) is 9.52. The van der Waals surface area contributed by atoms with Crippen molar-refractivity contribution in [1.82, 2.24) is 9.80 Å². The van der Waals surface area contributed by atoms with Gasteiger partial charge in [-0.05, 0) is 34.4 Å². The molecular formula is C29H27ClN2O3. The molecule has 0 aliphatic carbocycles. The van der Waals surface area contributed by atoms with Gasteiger partial charge in [0.1, 0.15) is 5.60 Å². The van der Waals surface area contributed by atoms with E-state index in [1.165, 1.54) is 0 Å². The Morgan fingerprint density at radius 3 is 2.40 bits per heavy atom. The van der Waals surface area contributed by atoms with E-state index in [9.17, 15) is 9.59 Å². The van der Waals surface area contributed by atoms with E-state index in [4.69, 9.17) is 16.3 Å². The summed E-state index contributed by atoms with van der Waals surface area (Å²) in [6.45, 7) is 2.13. The summed E-state index contributed by atoms with van der Waals surface area (Å²) in [6.07, 6.45) is 4.28. The molecule has 0 N–H and O–H groups in total. The highest BCUT2D eigenvalue weighted by molar-refractivity contribution is 6.32. The molecule has 0 aromatic heterocycles. The van der Waals surface area contributed by atoms with Gasteiger partial charge >= 0.3 is 6.09 Å². The lowest BCUT2D eigenvalue weighted by Gasteiger charge is -2.37. The lowest BCUT2D eigenvalue weighted by atomic mass is 9.91. The van der Waals surface area contributed by atoms with Crippen LogP contribution in [-0.4, -0.2) is 47.0 Å². The summed E-state index contributed by atoms with van der Waals surface area (Å²) in [5.74, 6) is -0.0577. The molecule has 0 atom stereocenters. The van der Waals surface area contributed by atoms with Crippen molar-refractivity contribution in [3.63, 3.8) is 0 Å². The van der Waals surface area contributed by atoms with Crippen LogP contribution in [0.3, 0.4) is 0 Å². The maximum absolute atomic E-state index is 12.8. The van der Waals surface area contributed by atoms with E-state index in [1.54, 1.807) is 28.0 Å². The number of benzene rings is 3. The molecule has 6 heteroatoms. The summed E-state index contributed by atoms with van der Waals surface area (Å²) in [5.41, 5.74) is 3.61. The quantitative estimate of drug-likeness (QED) is 0.413. The number of ether oxygens (including phenoxy) is 1. The summed E-state index contributed by atoms with van der Waals surface area (Å²) < 4.78 is 5.91. The second kappa shape index (κ2) is 9.96. The van der Waals surface area contributed by atoms with E-state index in [0.29, 0.717) is 44.0 Å². The number of likely N-dealkylation sites (tertiary alicyclic amines) is 1. The summed E-state index contributed by atoms with van der Waals surface area (Å²) >= 11 is 6.18. The zero-order valence-electron chi connectivity index (χ0n) is 19.4. The van der Waals surface area contributed by atoms with E-state index in [0.717, 1.165) is 22.3 Å². The van der Waals surface area contributed by atoms with Gasteiger partial charge in [-0.25, -0.2) is 4.79 Å².